The number of rotatable bonds is 5. The Morgan fingerprint density at radius 2 is 1.70 bits per heavy atom. The lowest BCUT2D eigenvalue weighted by molar-refractivity contribution is 0.268. The number of nitrogens with zero attached hydrogens (tertiary/aromatic N) is 1. The predicted octanol–water partition coefficient (Wildman–Crippen LogP) is 3.86. The molecule has 1 heterocycles. The van der Waals surface area contributed by atoms with E-state index >= 15 is 0 Å². The van der Waals surface area contributed by atoms with Crippen molar-refractivity contribution in [2.45, 2.75) is 44.7 Å². The SMILES string of the molecule is Cc1ccc(S(=O)(=O)N[C@H](C2=N[C@@H](c3ccccc3)CO2)C(C)(C)C)cc1. The maximum Gasteiger partial charge on any atom is 0.241 e. The first-order valence-corrected chi connectivity index (χ1v) is 10.5. The molecule has 6 heteroatoms. The smallest absolute Gasteiger partial charge is 0.241 e. The third kappa shape index (κ3) is 4.57. The van der Waals surface area contributed by atoms with Gasteiger partial charge in [-0.15, -0.1) is 0 Å². The van der Waals surface area contributed by atoms with Gasteiger partial charge in [-0.25, -0.2) is 13.4 Å². The van der Waals surface area contributed by atoms with Crippen LogP contribution in [0.2, 0.25) is 0 Å². The molecule has 0 bridgehead atoms. The summed E-state index contributed by atoms with van der Waals surface area (Å²) in [4.78, 5) is 4.92. The maximum absolute atomic E-state index is 12.9. The quantitative estimate of drug-likeness (QED) is 0.848. The van der Waals surface area contributed by atoms with Crippen molar-refractivity contribution in [1.29, 1.82) is 0 Å². The van der Waals surface area contributed by atoms with E-state index in [2.05, 4.69) is 9.71 Å². The summed E-state index contributed by atoms with van der Waals surface area (Å²) in [6.07, 6.45) is 0. The fraction of sp³-hybridized carbons (Fsp3) is 0.381. The normalized spacial score (nSPS) is 18.7. The fourth-order valence-electron chi connectivity index (χ4n) is 2.93. The van der Waals surface area contributed by atoms with E-state index in [0.29, 0.717) is 12.5 Å². The van der Waals surface area contributed by atoms with Gasteiger partial charge in [-0.1, -0.05) is 68.8 Å². The Morgan fingerprint density at radius 3 is 2.30 bits per heavy atom. The minimum absolute atomic E-state index is 0.116. The molecule has 0 saturated carbocycles. The molecule has 2 atom stereocenters. The summed E-state index contributed by atoms with van der Waals surface area (Å²) < 4.78 is 34.4. The molecule has 1 aliphatic heterocycles. The topological polar surface area (TPSA) is 67.8 Å². The van der Waals surface area contributed by atoms with Gasteiger partial charge in [0.05, 0.1) is 4.90 Å². The van der Waals surface area contributed by atoms with Crippen molar-refractivity contribution in [3.63, 3.8) is 0 Å². The Balaban J connectivity index is 1.88. The van der Waals surface area contributed by atoms with Crippen molar-refractivity contribution in [2.75, 3.05) is 6.61 Å². The van der Waals surface area contributed by atoms with Crippen LogP contribution in [0.25, 0.3) is 0 Å². The molecule has 0 aliphatic carbocycles. The van der Waals surface area contributed by atoms with Crippen LogP contribution in [0.15, 0.2) is 64.5 Å². The molecule has 0 saturated heterocycles. The molecule has 5 nitrogen and oxygen atoms in total. The van der Waals surface area contributed by atoms with Gasteiger partial charge >= 0.3 is 0 Å². The minimum atomic E-state index is -3.69. The van der Waals surface area contributed by atoms with Crippen molar-refractivity contribution < 1.29 is 13.2 Å². The number of ether oxygens (including phenoxy) is 1. The third-order valence-electron chi connectivity index (χ3n) is 4.57. The third-order valence-corrected chi connectivity index (χ3v) is 6.01. The number of sulfonamides is 1. The molecule has 1 N–H and O–H groups in total. The van der Waals surface area contributed by atoms with Crippen LogP contribution in [0, 0.1) is 12.3 Å². The van der Waals surface area contributed by atoms with Crippen LogP contribution in [-0.2, 0) is 14.8 Å². The highest BCUT2D eigenvalue weighted by molar-refractivity contribution is 7.89. The second-order valence-corrected chi connectivity index (χ2v) is 9.65. The Hall–Kier alpha value is -2.18. The fourth-order valence-corrected chi connectivity index (χ4v) is 4.33. The molecule has 0 unspecified atom stereocenters. The highest BCUT2D eigenvalue weighted by atomic mass is 32.2. The Bertz CT molecular complexity index is 914. The van der Waals surface area contributed by atoms with Crippen molar-refractivity contribution in [3.8, 4) is 0 Å². The first-order valence-electron chi connectivity index (χ1n) is 9.01. The van der Waals surface area contributed by atoms with E-state index < -0.39 is 21.5 Å². The second-order valence-electron chi connectivity index (χ2n) is 7.94. The number of benzene rings is 2. The van der Waals surface area contributed by atoms with Crippen LogP contribution in [0.5, 0.6) is 0 Å². The molecule has 0 radical (unpaired) electrons. The monoisotopic (exact) mass is 386 g/mol. The van der Waals surface area contributed by atoms with Gasteiger partial charge in [-0.3, -0.25) is 0 Å². The van der Waals surface area contributed by atoms with E-state index in [4.69, 9.17) is 4.74 Å². The maximum atomic E-state index is 12.9. The molecule has 1 aliphatic rings. The van der Waals surface area contributed by atoms with Crippen LogP contribution in [0.3, 0.4) is 0 Å². The summed E-state index contributed by atoms with van der Waals surface area (Å²) in [6, 6.07) is 16.0. The molecular weight excluding hydrogens is 360 g/mol. The van der Waals surface area contributed by atoms with Crippen LogP contribution in [0.1, 0.15) is 37.9 Å². The molecule has 2 aromatic carbocycles. The van der Waals surface area contributed by atoms with Gasteiger partial charge < -0.3 is 4.74 Å². The molecule has 0 fully saturated rings. The molecule has 144 valence electrons. The lowest BCUT2D eigenvalue weighted by Crippen LogP contribution is -2.49. The molecule has 0 amide bonds. The Kier molecular flexibility index (Phi) is 5.40. The molecule has 3 rings (SSSR count). The molecule has 2 aromatic rings. The zero-order valence-electron chi connectivity index (χ0n) is 16.1. The van der Waals surface area contributed by atoms with Crippen LogP contribution in [-0.4, -0.2) is 27.0 Å². The van der Waals surface area contributed by atoms with Crippen molar-refractivity contribution in [2.24, 2.45) is 10.4 Å². The summed E-state index contributed by atoms with van der Waals surface area (Å²) in [6.45, 7) is 8.25. The minimum Gasteiger partial charge on any atom is -0.477 e. The summed E-state index contributed by atoms with van der Waals surface area (Å²) >= 11 is 0. The summed E-state index contributed by atoms with van der Waals surface area (Å²) in [5.74, 6) is 0.437. The summed E-state index contributed by atoms with van der Waals surface area (Å²) in [5, 5.41) is 0. The van der Waals surface area contributed by atoms with E-state index in [0.717, 1.165) is 11.1 Å². The summed E-state index contributed by atoms with van der Waals surface area (Å²) in [7, 11) is -3.69. The van der Waals surface area contributed by atoms with Gasteiger partial charge in [-0.2, -0.15) is 4.72 Å². The van der Waals surface area contributed by atoms with Crippen LogP contribution < -0.4 is 4.72 Å². The largest absolute Gasteiger partial charge is 0.477 e. The number of aliphatic imine (C=N–C) groups is 1. The van der Waals surface area contributed by atoms with Gasteiger partial charge in [0.1, 0.15) is 18.7 Å². The Morgan fingerprint density at radius 1 is 1.07 bits per heavy atom. The average Bonchev–Trinajstić information content (AvgIpc) is 3.09. The van der Waals surface area contributed by atoms with Gasteiger partial charge in [0, 0.05) is 0 Å². The predicted molar refractivity (Wildman–Crippen MR) is 107 cm³/mol. The van der Waals surface area contributed by atoms with E-state index in [1.165, 1.54) is 0 Å². The van der Waals surface area contributed by atoms with Crippen LogP contribution in [0.4, 0.5) is 0 Å². The first-order chi connectivity index (χ1) is 12.7. The van der Waals surface area contributed by atoms with E-state index in [1.807, 2.05) is 58.0 Å². The number of hydrogen-bond donors (Lipinski definition) is 1. The Labute approximate surface area is 161 Å². The molecule has 0 aromatic heterocycles. The van der Waals surface area contributed by atoms with Gasteiger partial charge in [-0.05, 0) is 30.0 Å². The average molecular weight is 387 g/mol. The molecule has 0 spiro atoms. The van der Waals surface area contributed by atoms with Gasteiger partial charge in [0.2, 0.25) is 15.9 Å². The summed E-state index contributed by atoms with van der Waals surface area (Å²) in [5.41, 5.74) is 1.67. The molecular formula is C21H26N2O3S. The van der Waals surface area contributed by atoms with Gasteiger partial charge in [0.25, 0.3) is 0 Å². The van der Waals surface area contributed by atoms with Gasteiger partial charge in [0.15, 0.2) is 0 Å². The van der Waals surface area contributed by atoms with E-state index in [1.54, 1.807) is 24.3 Å². The highest BCUT2D eigenvalue weighted by Crippen LogP contribution is 2.29. The standard InChI is InChI=1S/C21H26N2O3S/c1-15-10-12-17(13-11-15)27(24,25)23-19(21(2,3)4)20-22-18(14-26-20)16-8-6-5-7-9-16/h5-13,18-19,23H,14H2,1-4H3/t18-,19-/m1/s1. The second kappa shape index (κ2) is 7.44. The van der Waals surface area contributed by atoms with Crippen LogP contribution >= 0.6 is 0 Å². The van der Waals surface area contributed by atoms with Crippen molar-refractivity contribution in [3.05, 3.63) is 65.7 Å². The zero-order valence-corrected chi connectivity index (χ0v) is 17.0. The number of nitrogens with one attached hydrogen (secondary N) is 1. The molecule has 27 heavy (non-hydrogen) atoms. The number of hydrogen-bond acceptors (Lipinski definition) is 4. The van der Waals surface area contributed by atoms with Crippen molar-refractivity contribution >= 4 is 15.9 Å². The number of aryl methyl sites for hydroxylation is 1. The lowest BCUT2D eigenvalue weighted by atomic mass is 9.87. The first kappa shape index (κ1) is 19.6. The van der Waals surface area contributed by atoms with E-state index in [-0.39, 0.29) is 10.9 Å². The van der Waals surface area contributed by atoms with Crippen molar-refractivity contribution in [1.82, 2.24) is 4.72 Å². The zero-order chi connectivity index (χ0) is 19.7. The van der Waals surface area contributed by atoms with E-state index in [9.17, 15) is 8.42 Å². The highest BCUT2D eigenvalue weighted by Gasteiger charge is 2.38. The lowest BCUT2D eigenvalue weighted by Gasteiger charge is -2.30.